The quantitative estimate of drug-likeness (QED) is 0.654. The van der Waals surface area contributed by atoms with Crippen LogP contribution >= 0.6 is 0 Å². The Balaban J connectivity index is 1.85. The van der Waals surface area contributed by atoms with E-state index in [-0.39, 0.29) is 11.3 Å². The summed E-state index contributed by atoms with van der Waals surface area (Å²) >= 11 is 0. The Morgan fingerprint density at radius 3 is 3.05 bits per heavy atom. The second kappa shape index (κ2) is 5.10. The Kier molecular flexibility index (Phi) is 3.28. The molecule has 0 saturated carbocycles. The number of nitrogens with zero attached hydrogens (tertiary/aromatic N) is 3. The molecule has 0 radical (unpaired) electrons. The molecule has 1 N–H and O–H groups in total. The first-order valence-electron chi connectivity index (χ1n) is 6.86. The molecule has 0 bridgehead atoms. The van der Waals surface area contributed by atoms with Crippen molar-refractivity contribution in [1.82, 2.24) is 5.32 Å². The fourth-order valence-electron chi connectivity index (χ4n) is 3.24. The molecule has 0 amide bonds. The average molecular weight is 272 g/mol. The molecule has 2 fully saturated rings. The summed E-state index contributed by atoms with van der Waals surface area (Å²) in [6.07, 6.45) is 2.23. The number of nitro groups is 1. The number of nitrogens with one attached hydrogen (secondary N) is 1. The molecular formula is C14H16N4O2. The van der Waals surface area contributed by atoms with Gasteiger partial charge in [-0.2, -0.15) is 5.26 Å². The van der Waals surface area contributed by atoms with Crippen LogP contribution in [0.1, 0.15) is 18.4 Å². The van der Waals surface area contributed by atoms with Gasteiger partial charge in [0, 0.05) is 30.9 Å². The summed E-state index contributed by atoms with van der Waals surface area (Å²) in [6, 6.07) is 7.36. The molecule has 6 nitrogen and oxygen atoms in total. The van der Waals surface area contributed by atoms with E-state index in [9.17, 15) is 10.1 Å². The summed E-state index contributed by atoms with van der Waals surface area (Å²) in [6.45, 7) is 2.90. The van der Waals surface area contributed by atoms with Gasteiger partial charge in [-0.05, 0) is 37.4 Å². The van der Waals surface area contributed by atoms with Gasteiger partial charge in [-0.1, -0.05) is 0 Å². The lowest BCUT2D eigenvalue weighted by Gasteiger charge is -2.36. The SMILES string of the molecule is N#Cc1ccc(N2CCC3NCCC3C2)cc1[N+](=O)[O-]. The lowest BCUT2D eigenvalue weighted by Crippen LogP contribution is -2.44. The number of nitro benzene ring substituents is 1. The van der Waals surface area contributed by atoms with Crippen LogP contribution in [0.15, 0.2) is 18.2 Å². The molecule has 3 rings (SSSR count). The van der Waals surface area contributed by atoms with E-state index in [1.54, 1.807) is 6.07 Å². The number of rotatable bonds is 2. The minimum absolute atomic E-state index is 0.100. The summed E-state index contributed by atoms with van der Waals surface area (Å²) in [4.78, 5) is 12.7. The van der Waals surface area contributed by atoms with E-state index in [0.717, 1.165) is 31.7 Å². The second-order valence-electron chi connectivity index (χ2n) is 5.41. The molecule has 1 aromatic carbocycles. The number of hydrogen-bond donors (Lipinski definition) is 1. The smallest absolute Gasteiger partial charge is 0.289 e. The van der Waals surface area contributed by atoms with Crippen molar-refractivity contribution in [3.8, 4) is 6.07 Å². The van der Waals surface area contributed by atoms with Crippen molar-refractivity contribution in [3.63, 3.8) is 0 Å². The van der Waals surface area contributed by atoms with Crippen LogP contribution in [0.5, 0.6) is 0 Å². The van der Waals surface area contributed by atoms with Crippen LogP contribution in [0.3, 0.4) is 0 Å². The number of benzene rings is 1. The average Bonchev–Trinajstić information content (AvgIpc) is 2.93. The van der Waals surface area contributed by atoms with Crippen LogP contribution in [0, 0.1) is 27.4 Å². The maximum atomic E-state index is 11.0. The molecular weight excluding hydrogens is 256 g/mol. The summed E-state index contributed by atoms with van der Waals surface area (Å²) in [5, 5.41) is 23.4. The highest BCUT2D eigenvalue weighted by atomic mass is 16.6. The molecule has 0 spiro atoms. The van der Waals surface area contributed by atoms with Gasteiger partial charge in [-0.3, -0.25) is 10.1 Å². The van der Waals surface area contributed by atoms with Crippen LogP contribution in [0.2, 0.25) is 0 Å². The topological polar surface area (TPSA) is 82.2 Å². The van der Waals surface area contributed by atoms with Crippen molar-refractivity contribution in [2.45, 2.75) is 18.9 Å². The molecule has 20 heavy (non-hydrogen) atoms. The molecule has 2 saturated heterocycles. The first-order chi connectivity index (χ1) is 9.69. The van der Waals surface area contributed by atoms with Gasteiger partial charge >= 0.3 is 0 Å². The minimum Gasteiger partial charge on any atom is -0.371 e. The molecule has 2 atom stereocenters. The molecule has 2 aliphatic rings. The molecule has 0 aliphatic carbocycles. The summed E-state index contributed by atoms with van der Waals surface area (Å²) in [5.41, 5.74) is 0.869. The second-order valence-corrected chi connectivity index (χ2v) is 5.41. The monoisotopic (exact) mass is 272 g/mol. The van der Waals surface area contributed by atoms with E-state index in [1.165, 1.54) is 12.5 Å². The fourth-order valence-corrected chi connectivity index (χ4v) is 3.24. The molecule has 0 aromatic heterocycles. The third kappa shape index (κ3) is 2.21. The molecule has 104 valence electrons. The Labute approximate surface area is 117 Å². The van der Waals surface area contributed by atoms with Gasteiger partial charge in [0.25, 0.3) is 5.69 Å². The van der Waals surface area contributed by atoms with Crippen LogP contribution in [0.25, 0.3) is 0 Å². The van der Waals surface area contributed by atoms with Crippen LogP contribution < -0.4 is 10.2 Å². The van der Waals surface area contributed by atoms with Crippen molar-refractivity contribution in [2.75, 3.05) is 24.5 Å². The predicted octanol–water partition coefficient (Wildman–Crippen LogP) is 1.65. The highest BCUT2D eigenvalue weighted by Gasteiger charge is 2.33. The Morgan fingerprint density at radius 1 is 1.45 bits per heavy atom. The normalized spacial score (nSPS) is 25.1. The van der Waals surface area contributed by atoms with Gasteiger partial charge in [-0.15, -0.1) is 0 Å². The fraction of sp³-hybridized carbons (Fsp3) is 0.500. The van der Waals surface area contributed by atoms with Crippen molar-refractivity contribution in [1.29, 1.82) is 5.26 Å². The van der Waals surface area contributed by atoms with E-state index in [0.29, 0.717) is 12.0 Å². The van der Waals surface area contributed by atoms with Crippen molar-refractivity contribution < 1.29 is 4.92 Å². The highest BCUT2D eigenvalue weighted by molar-refractivity contribution is 5.60. The van der Waals surface area contributed by atoms with Gasteiger partial charge < -0.3 is 10.2 Å². The summed E-state index contributed by atoms with van der Waals surface area (Å²) in [5.74, 6) is 0.624. The lowest BCUT2D eigenvalue weighted by atomic mass is 9.93. The third-order valence-electron chi connectivity index (χ3n) is 4.32. The maximum Gasteiger partial charge on any atom is 0.289 e. The molecule has 2 heterocycles. The molecule has 6 heteroatoms. The largest absolute Gasteiger partial charge is 0.371 e. The zero-order valence-corrected chi connectivity index (χ0v) is 11.1. The van der Waals surface area contributed by atoms with E-state index < -0.39 is 4.92 Å². The Hall–Kier alpha value is -2.13. The van der Waals surface area contributed by atoms with Gasteiger partial charge in [-0.25, -0.2) is 0 Å². The van der Waals surface area contributed by atoms with E-state index in [2.05, 4.69) is 10.2 Å². The van der Waals surface area contributed by atoms with Crippen molar-refractivity contribution >= 4 is 11.4 Å². The van der Waals surface area contributed by atoms with Gasteiger partial charge in [0.1, 0.15) is 11.6 Å². The van der Waals surface area contributed by atoms with Crippen LogP contribution in [-0.2, 0) is 0 Å². The van der Waals surface area contributed by atoms with E-state index >= 15 is 0 Å². The van der Waals surface area contributed by atoms with Gasteiger partial charge in [0.15, 0.2) is 0 Å². The summed E-state index contributed by atoms with van der Waals surface area (Å²) < 4.78 is 0. The molecule has 2 unspecified atom stereocenters. The first kappa shape index (κ1) is 12.9. The first-order valence-corrected chi connectivity index (χ1v) is 6.86. The molecule has 1 aromatic rings. The predicted molar refractivity (Wildman–Crippen MR) is 74.5 cm³/mol. The Morgan fingerprint density at radius 2 is 2.30 bits per heavy atom. The number of nitriles is 1. The zero-order chi connectivity index (χ0) is 14.1. The van der Waals surface area contributed by atoms with Gasteiger partial charge in [0.05, 0.1) is 4.92 Å². The number of fused-ring (bicyclic) bond motifs is 1. The number of hydrogen-bond acceptors (Lipinski definition) is 5. The molecule has 2 aliphatic heterocycles. The van der Waals surface area contributed by atoms with Crippen molar-refractivity contribution in [3.05, 3.63) is 33.9 Å². The van der Waals surface area contributed by atoms with Crippen molar-refractivity contribution in [2.24, 2.45) is 5.92 Å². The van der Waals surface area contributed by atoms with Crippen LogP contribution in [0.4, 0.5) is 11.4 Å². The zero-order valence-electron chi connectivity index (χ0n) is 11.1. The summed E-state index contributed by atoms with van der Waals surface area (Å²) in [7, 11) is 0. The number of piperidine rings is 1. The Bertz CT molecular complexity index is 581. The highest BCUT2D eigenvalue weighted by Crippen LogP contribution is 2.31. The van der Waals surface area contributed by atoms with E-state index in [1.807, 2.05) is 12.1 Å². The van der Waals surface area contributed by atoms with Crippen LogP contribution in [-0.4, -0.2) is 30.6 Å². The maximum absolute atomic E-state index is 11.0. The third-order valence-corrected chi connectivity index (χ3v) is 4.32. The lowest BCUT2D eigenvalue weighted by molar-refractivity contribution is -0.385. The standard InChI is InChI=1S/C14H16N4O2/c15-8-10-1-2-12(7-14(10)18(19)20)17-6-4-13-11(9-17)3-5-16-13/h1-2,7,11,13,16H,3-6,9H2. The van der Waals surface area contributed by atoms with Gasteiger partial charge in [0.2, 0.25) is 0 Å². The number of anilines is 1. The van der Waals surface area contributed by atoms with E-state index in [4.69, 9.17) is 5.26 Å². The minimum atomic E-state index is -0.480.